The first-order valence-electron chi connectivity index (χ1n) is 6.05. The van der Waals surface area contributed by atoms with Gasteiger partial charge in [-0.15, -0.1) is 0 Å². The molecule has 110 valence electrons. The van der Waals surface area contributed by atoms with Crippen LogP contribution in [0.4, 0.5) is 11.4 Å². The first-order chi connectivity index (χ1) is 9.90. The number of hydrogen-bond acceptors (Lipinski definition) is 4. The summed E-state index contributed by atoms with van der Waals surface area (Å²) in [6, 6.07) is 7.79. The van der Waals surface area contributed by atoms with E-state index in [1.165, 1.54) is 12.1 Å². The molecule has 0 saturated heterocycles. The van der Waals surface area contributed by atoms with E-state index in [4.69, 9.17) is 23.2 Å². The Kier molecular flexibility index (Phi) is 4.55. The van der Waals surface area contributed by atoms with Crippen molar-refractivity contribution in [2.75, 3.05) is 5.32 Å². The van der Waals surface area contributed by atoms with Crippen LogP contribution in [0.5, 0.6) is 5.75 Å². The molecule has 2 N–H and O–H groups in total. The molecule has 0 unspecified atom stereocenters. The summed E-state index contributed by atoms with van der Waals surface area (Å²) in [5.41, 5.74) is 1.68. The second kappa shape index (κ2) is 6.20. The molecule has 0 fully saturated rings. The summed E-state index contributed by atoms with van der Waals surface area (Å²) >= 11 is 11.7. The molecule has 0 aromatic heterocycles. The minimum atomic E-state index is -0.436. The van der Waals surface area contributed by atoms with Crippen LogP contribution in [0.3, 0.4) is 0 Å². The van der Waals surface area contributed by atoms with E-state index in [1.807, 2.05) is 0 Å². The molecule has 0 atom stereocenters. The number of halogens is 2. The van der Waals surface area contributed by atoms with Crippen molar-refractivity contribution in [1.82, 2.24) is 0 Å². The number of phenols is 1. The summed E-state index contributed by atoms with van der Waals surface area (Å²) in [5, 5.41) is 24.4. The number of anilines is 1. The van der Waals surface area contributed by atoms with Gasteiger partial charge in [-0.2, -0.15) is 0 Å². The molecule has 0 radical (unpaired) electrons. The van der Waals surface area contributed by atoms with Gasteiger partial charge in [-0.1, -0.05) is 29.3 Å². The molecular formula is C14H12Cl2N2O3. The predicted octanol–water partition coefficient (Wildman–Crippen LogP) is 4.53. The first kappa shape index (κ1) is 15.4. The van der Waals surface area contributed by atoms with Gasteiger partial charge in [-0.3, -0.25) is 10.1 Å². The molecule has 0 saturated carbocycles. The maximum Gasteiger partial charge on any atom is 0.274 e. The molecule has 7 heteroatoms. The highest BCUT2D eigenvalue weighted by molar-refractivity contribution is 6.35. The maximum atomic E-state index is 10.9. The standard InChI is InChI=1S/C14H12Cl2N2O3/c1-8-12(3-2-4-13(8)18(20)21)17-7-9-5-10(15)6-11(16)14(9)19/h2-6,17,19H,7H2,1H3. The Balaban J connectivity index is 2.25. The molecule has 0 aliphatic heterocycles. The molecule has 0 aliphatic rings. The number of aromatic hydroxyl groups is 1. The van der Waals surface area contributed by atoms with Crippen LogP contribution in [0.25, 0.3) is 0 Å². The molecule has 0 amide bonds. The van der Waals surface area contributed by atoms with Gasteiger partial charge in [0.05, 0.1) is 9.95 Å². The minimum Gasteiger partial charge on any atom is -0.506 e. The Labute approximate surface area is 131 Å². The van der Waals surface area contributed by atoms with Crippen molar-refractivity contribution in [1.29, 1.82) is 0 Å². The summed E-state index contributed by atoms with van der Waals surface area (Å²) in [5.74, 6) is -0.0587. The third-order valence-electron chi connectivity index (χ3n) is 3.08. The normalized spacial score (nSPS) is 10.4. The summed E-state index contributed by atoms with van der Waals surface area (Å²) in [6.45, 7) is 1.90. The van der Waals surface area contributed by atoms with Crippen molar-refractivity contribution in [2.45, 2.75) is 13.5 Å². The van der Waals surface area contributed by atoms with Gasteiger partial charge in [-0.05, 0) is 25.1 Å². The van der Waals surface area contributed by atoms with Crippen molar-refractivity contribution >= 4 is 34.6 Å². The molecule has 2 aromatic rings. The monoisotopic (exact) mass is 326 g/mol. The van der Waals surface area contributed by atoms with E-state index in [9.17, 15) is 15.2 Å². The van der Waals surface area contributed by atoms with E-state index in [1.54, 1.807) is 25.1 Å². The summed E-state index contributed by atoms with van der Waals surface area (Å²) < 4.78 is 0. The molecule has 0 spiro atoms. The molecule has 21 heavy (non-hydrogen) atoms. The Hall–Kier alpha value is -1.98. The molecule has 0 bridgehead atoms. The Bertz CT molecular complexity index is 705. The lowest BCUT2D eigenvalue weighted by atomic mass is 10.1. The maximum absolute atomic E-state index is 10.9. The fourth-order valence-electron chi connectivity index (χ4n) is 1.96. The van der Waals surface area contributed by atoms with Crippen molar-refractivity contribution in [3.05, 3.63) is 61.6 Å². The average molecular weight is 327 g/mol. The van der Waals surface area contributed by atoms with Gasteiger partial charge in [0, 0.05) is 34.4 Å². The number of benzene rings is 2. The zero-order chi connectivity index (χ0) is 15.6. The van der Waals surface area contributed by atoms with Gasteiger partial charge in [0.25, 0.3) is 5.69 Å². The number of nitro benzene ring substituents is 1. The number of hydrogen-bond donors (Lipinski definition) is 2. The number of phenolic OH excluding ortho intramolecular Hbond substituents is 1. The summed E-state index contributed by atoms with van der Waals surface area (Å²) in [6.07, 6.45) is 0. The Morgan fingerprint density at radius 3 is 2.71 bits per heavy atom. The second-order valence-electron chi connectivity index (χ2n) is 4.46. The van der Waals surface area contributed by atoms with Crippen LogP contribution >= 0.6 is 23.2 Å². The number of nitro groups is 1. The topological polar surface area (TPSA) is 75.4 Å². The van der Waals surface area contributed by atoms with Gasteiger partial charge in [-0.25, -0.2) is 0 Å². The van der Waals surface area contributed by atoms with Crippen LogP contribution in [-0.2, 0) is 6.54 Å². The third kappa shape index (κ3) is 3.37. The largest absolute Gasteiger partial charge is 0.506 e. The molecule has 0 aliphatic carbocycles. The molecule has 2 rings (SSSR count). The van der Waals surface area contributed by atoms with Crippen LogP contribution in [0.2, 0.25) is 10.0 Å². The first-order valence-corrected chi connectivity index (χ1v) is 6.80. The predicted molar refractivity (Wildman–Crippen MR) is 83.3 cm³/mol. The molecule has 5 nitrogen and oxygen atoms in total. The Morgan fingerprint density at radius 2 is 2.05 bits per heavy atom. The van der Waals surface area contributed by atoms with Gasteiger partial charge in [0.2, 0.25) is 0 Å². The highest BCUT2D eigenvalue weighted by Crippen LogP contribution is 2.32. The van der Waals surface area contributed by atoms with Crippen LogP contribution < -0.4 is 5.32 Å². The second-order valence-corrected chi connectivity index (χ2v) is 5.30. The average Bonchev–Trinajstić information content (AvgIpc) is 2.42. The SMILES string of the molecule is Cc1c(NCc2cc(Cl)cc(Cl)c2O)cccc1[N+](=O)[O-]. The Morgan fingerprint density at radius 1 is 1.33 bits per heavy atom. The van der Waals surface area contributed by atoms with E-state index in [-0.39, 0.29) is 23.0 Å². The minimum absolute atomic E-state index is 0.0355. The van der Waals surface area contributed by atoms with Crippen LogP contribution in [0.15, 0.2) is 30.3 Å². The van der Waals surface area contributed by atoms with E-state index >= 15 is 0 Å². The van der Waals surface area contributed by atoms with Gasteiger partial charge >= 0.3 is 0 Å². The highest BCUT2D eigenvalue weighted by atomic mass is 35.5. The fourth-order valence-corrected chi connectivity index (χ4v) is 2.49. The molecular weight excluding hydrogens is 315 g/mol. The number of rotatable bonds is 4. The number of nitrogens with one attached hydrogen (secondary N) is 1. The van der Waals surface area contributed by atoms with Crippen LogP contribution in [0.1, 0.15) is 11.1 Å². The highest BCUT2D eigenvalue weighted by Gasteiger charge is 2.14. The summed E-state index contributed by atoms with van der Waals surface area (Å²) in [4.78, 5) is 10.5. The van der Waals surface area contributed by atoms with Crippen molar-refractivity contribution in [2.24, 2.45) is 0 Å². The van der Waals surface area contributed by atoms with Crippen LogP contribution in [-0.4, -0.2) is 10.0 Å². The van der Waals surface area contributed by atoms with Gasteiger partial charge in [0.1, 0.15) is 5.75 Å². The quantitative estimate of drug-likeness (QED) is 0.639. The summed E-state index contributed by atoms with van der Waals surface area (Å²) in [7, 11) is 0. The van der Waals surface area contributed by atoms with E-state index in [0.29, 0.717) is 21.8 Å². The van der Waals surface area contributed by atoms with Gasteiger partial charge < -0.3 is 10.4 Å². The van der Waals surface area contributed by atoms with E-state index in [0.717, 1.165) is 0 Å². The smallest absolute Gasteiger partial charge is 0.274 e. The van der Waals surface area contributed by atoms with Gasteiger partial charge in [0.15, 0.2) is 0 Å². The van der Waals surface area contributed by atoms with Crippen LogP contribution in [0, 0.1) is 17.0 Å². The fraction of sp³-hybridized carbons (Fsp3) is 0.143. The lowest BCUT2D eigenvalue weighted by Gasteiger charge is -2.12. The van der Waals surface area contributed by atoms with E-state index in [2.05, 4.69) is 5.32 Å². The third-order valence-corrected chi connectivity index (χ3v) is 3.58. The van der Waals surface area contributed by atoms with Crippen molar-refractivity contribution in [3.63, 3.8) is 0 Å². The lowest BCUT2D eigenvalue weighted by Crippen LogP contribution is -2.03. The lowest BCUT2D eigenvalue weighted by molar-refractivity contribution is -0.385. The van der Waals surface area contributed by atoms with Crippen molar-refractivity contribution in [3.8, 4) is 5.75 Å². The zero-order valence-corrected chi connectivity index (χ0v) is 12.6. The molecule has 2 aromatic carbocycles. The van der Waals surface area contributed by atoms with Crippen molar-refractivity contribution < 1.29 is 10.0 Å². The number of nitrogens with zero attached hydrogens (tertiary/aromatic N) is 1. The molecule has 0 heterocycles. The van der Waals surface area contributed by atoms with E-state index < -0.39 is 4.92 Å². The zero-order valence-electron chi connectivity index (χ0n) is 11.1.